The molecule has 0 spiro atoms. The molecule has 0 aliphatic heterocycles. The third-order valence-corrected chi connectivity index (χ3v) is 9.09. The third kappa shape index (κ3) is 3.42. The van der Waals surface area contributed by atoms with Crippen LogP contribution in [-0.2, 0) is 0 Å². The summed E-state index contributed by atoms with van der Waals surface area (Å²) in [6, 6.07) is 41.8. The van der Waals surface area contributed by atoms with E-state index in [1.54, 1.807) is 0 Å². The summed E-state index contributed by atoms with van der Waals surface area (Å²) in [5.74, 6) is 1.86. The van der Waals surface area contributed by atoms with Crippen LogP contribution in [0.1, 0.15) is 0 Å². The molecule has 9 aromatic rings. The molecule has 4 aromatic heterocycles. The number of pyridine rings is 1. The van der Waals surface area contributed by atoms with Crippen molar-refractivity contribution >= 4 is 64.2 Å². The second-order valence-electron chi connectivity index (χ2n) is 10.3. The van der Waals surface area contributed by atoms with Crippen molar-refractivity contribution in [3.8, 4) is 28.7 Å². The molecular formula is C36H21N5S. The van der Waals surface area contributed by atoms with E-state index in [0.29, 0.717) is 17.6 Å². The van der Waals surface area contributed by atoms with E-state index < -0.39 is 0 Å². The van der Waals surface area contributed by atoms with Gasteiger partial charge in [0.1, 0.15) is 0 Å². The van der Waals surface area contributed by atoms with Gasteiger partial charge in [-0.3, -0.25) is 9.55 Å². The Labute approximate surface area is 244 Å². The molecule has 9 rings (SSSR count). The summed E-state index contributed by atoms with van der Waals surface area (Å²) in [4.78, 5) is 20.1. The molecule has 0 N–H and O–H groups in total. The first-order chi connectivity index (χ1) is 20.8. The minimum absolute atomic E-state index is 0.586. The third-order valence-electron chi connectivity index (χ3n) is 7.89. The zero-order valence-electron chi connectivity index (χ0n) is 22.3. The van der Waals surface area contributed by atoms with E-state index in [0.717, 1.165) is 43.8 Å². The molecule has 0 aliphatic rings. The van der Waals surface area contributed by atoms with Crippen LogP contribution in [0.2, 0.25) is 0 Å². The van der Waals surface area contributed by atoms with Crippen LogP contribution in [0.4, 0.5) is 0 Å². The standard InChI is InChI=1S/C36H21N5S/c1-3-10-23(11-4-1)34-38-35(24-12-5-2-6-13-24)40-36(39-34)41-28-20-17-22-14-9-21-37-31(22)30(28)27-19-18-26-25-15-7-8-16-29(25)42-33(26)32(27)41/h1-21H. The largest absolute Gasteiger partial charge is 0.276 e. The normalized spacial score (nSPS) is 11.8. The maximum atomic E-state index is 5.14. The van der Waals surface area contributed by atoms with E-state index >= 15 is 0 Å². The Morgan fingerprint density at radius 1 is 0.548 bits per heavy atom. The molecule has 0 atom stereocenters. The second kappa shape index (κ2) is 9.03. The van der Waals surface area contributed by atoms with E-state index in [1.807, 2.05) is 84.3 Å². The zero-order chi connectivity index (χ0) is 27.6. The van der Waals surface area contributed by atoms with Gasteiger partial charge in [-0.05, 0) is 18.2 Å². The maximum absolute atomic E-state index is 5.14. The topological polar surface area (TPSA) is 56.5 Å². The van der Waals surface area contributed by atoms with Crippen LogP contribution in [0.3, 0.4) is 0 Å². The number of nitrogens with zero attached hydrogens (tertiary/aromatic N) is 5. The van der Waals surface area contributed by atoms with Gasteiger partial charge in [0.25, 0.3) is 0 Å². The van der Waals surface area contributed by atoms with Crippen molar-refractivity contribution in [3.05, 3.63) is 128 Å². The SMILES string of the molecule is c1ccc(-c2nc(-c3ccccc3)nc(-n3c4ccc5cccnc5c4c4ccc5c6ccccc6sc5c43)n2)cc1. The van der Waals surface area contributed by atoms with E-state index in [2.05, 4.69) is 59.2 Å². The van der Waals surface area contributed by atoms with E-state index in [9.17, 15) is 0 Å². The van der Waals surface area contributed by atoms with Gasteiger partial charge in [0.05, 0.1) is 21.3 Å². The fourth-order valence-electron chi connectivity index (χ4n) is 6.01. The number of hydrogen-bond acceptors (Lipinski definition) is 5. The molecule has 6 heteroatoms. The molecule has 0 amide bonds. The van der Waals surface area contributed by atoms with Crippen LogP contribution in [0.5, 0.6) is 0 Å². The molecule has 5 aromatic carbocycles. The molecule has 0 fully saturated rings. The summed E-state index contributed by atoms with van der Waals surface area (Å²) in [5.41, 5.74) is 4.97. The predicted molar refractivity (Wildman–Crippen MR) is 173 cm³/mol. The van der Waals surface area contributed by atoms with Gasteiger partial charge < -0.3 is 0 Å². The van der Waals surface area contributed by atoms with Gasteiger partial charge in [0.15, 0.2) is 11.6 Å². The number of thiophene rings is 1. The monoisotopic (exact) mass is 555 g/mol. The molecule has 42 heavy (non-hydrogen) atoms. The Hall–Kier alpha value is -5.46. The van der Waals surface area contributed by atoms with Crippen LogP contribution in [0, 0.1) is 0 Å². The summed E-state index contributed by atoms with van der Waals surface area (Å²) >= 11 is 1.81. The van der Waals surface area contributed by atoms with Crippen molar-refractivity contribution < 1.29 is 0 Å². The fraction of sp³-hybridized carbons (Fsp3) is 0. The average Bonchev–Trinajstić information content (AvgIpc) is 3.61. The van der Waals surface area contributed by atoms with Crippen LogP contribution < -0.4 is 0 Å². The smallest absolute Gasteiger partial charge is 0.238 e. The van der Waals surface area contributed by atoms with E-state index in [1.165, 1.54) is 20.2 Å². The summed E-state index contributed by atoms with van der Waals surface area (Å²) in [6.07, 6.45) is 1.87. The summed E-state index contributed by atoms with van der Waals surface area (Å²) in [5, 5.41) is 5.82. The second-order valence-corrected chi connectivity index (χ2v) is 11.4. The average molecular weight is 556 g/mol. The number of benzene rings is 5. The molecule has 0 radical (unpaired) electrons. The van der Waals surface area contributed by atoms with Crippen LogP contribution in [-0.4, -0.2) is 24.5 Å². The summed E-state index contributed by atoms with van der Waals surface area (Å²) < 4.78 is 4.68. The van der Waals surface area contributed by atoms with Gasteiger partial charge in [-0.1, -0.05) is 103 Å². The Bertz CT molecular complexity index is 2400. The molecule has 0 unspecified atom stereocenters. The highest BCUT2D eigenvalue weighted by Gasteiger charge is 2.22. The molecule has 0 aliphatic carbocycles. The summed E-state index contributed by atoms with van der Waals surface area (Å²) in [7, 11) is 0. The van der Waals surface area contributed by atoms with Gasteiger partial charge in [0, 0.05) is 49.0 Å². The molecule has 4 heterocycles. The molecule has 0 bridgehead atoms. The Kier molecular flexibility index (Phi) is 5.00. The van der Waals surface area contributed by atoms with Crippen LogP contribution in [0.25, 0.3) is 81.6 Å². The quantitative estimate of drug-likeness (QED) is 0.218. The zero-order valence-corrected chi connectivity index (χ0v) is 23.1. The van der Waals surface area contributed by atoms with Gasteiger partial charge in [-0.25, -0.2) is 4.98 Å². The van der Waals surface area contributed by atoms with Gasteiger partial charge in [0.2, 0.25) is 5.95 Å². The Morgan fingerprint density at radius 2 is 1.24 bits per heavy atom. The Morgan fingerprint density at radius 3 is 2.00 bits per heavy atom. The first-order valence-electron chi connectivity index (χ1n) is 13.8. The van der Waals surface area contributed by atoms with Crippen molar-refractivity contribution in [2.45, 2.75) is 0 Å². The van der Waals surface area contributed by atoms with Crippen molar-refractivity contribution in [2.24, 2.45) is 0 Å². The van der Waals surface area contributed by atoms with Crippen molar-refractivity contribution in [1.29, 1.82) is 0 Å². The lowest BCUT2D eigenvalue weighted by Crippen LogP contribution is -2.06. The highest BCUT2D eigenvalue weighted by Crippen LogP contribution is 2.44. The lowest BCUT2D eigenvalue weighted by molar-refractivity contribution is 0.955. The van der Waals surface area contributed by atoms with Gasteiger partial charge in [-0.15, -0.1) is 11.3 Å². The lowest BCUT2D eigenvalue weighted by atomic mass is 10.1. The van der Waals surface area contributed by atoms with Crippen LogP contribution >= 0.6 is 11.3 Å². The minimum Gasteiger partial charge on any atom is -0.276 e. The minimum atomic E-state index is 0.586. The summed E-state index contributed by atoms with van der Waals surface area (Å²) in [6.45, 7) is 0. The molecular weight excluding hydrogens is 534 g/mol. The molecule has 5 nitrogen and oxygen atoms in total. The first-order valence-corrected chi connectivity index (χ1v) is 14.6. The number of fused-ring (bicyclic) bond motifs is 9. The highest BCUT2D eigenvalue weighted by molar-refractivity contribution is 7.26. The fourth-order valence-corrected chi connectivity index (χ4v) is 7.25. The van der Waals surface area contributed by atoms with Crippen molar-refractivity contribution in [3.63, 3.8) is 0 Å². The molecule has 0 saturated heterocycles. The lowest BCUT2D eigenvalue weighted by Gasteiger charge is -2.11. The Balaban J connectivity index is 1.48. The number of rotatable bonds is 3. The first kappa shape index (κ1) is 23.3. The van der Waals surface area contributed by atoms with Crippen molar-refractivity contribution in [2.75, 3.05) is 0 Å². The van der Waals surface area contributed by atoms with Crippen LogP contribution in [0.15, 0.2) is 128 Å². The molecule has 0 saturated carbocycles. The predicted octanol–water partition coefficient (Wildman–Crippen LogP) is 9.22. The molecule has 196 valence electrons. The van der Waals surface area contributed by atoms with Gasteiger partial charge >= 0.3 is 0 Å². The van der Waals surface area contributed by atoms with Crippen molar-refractivity contribution in [1.82, 2.24) is 24.5 Å². The van der Waals surface area contributed by atoms with E-state index in [-0.39, 0.29) is 0 Å². The number of hydrogen-bond donors (Lipinski definition) is 0. The van der Waals surface area contributed by atoms with Gasteiger partial charge in [-0.2, -0.15) is 9.97 Å². The maximum Gasteiger partial charge on any atom is 0.238 e. The highest BCUT2D eigenvalue weighted by atomic mass is 32.1. The van der Waals surface area contributed by atoms with E-state index in [4.69, 9.17) is 19.9 Å². The number of aromatic nitrogens is 5.